The van der Waals surface area contributed by atoms with Crippen LogP contribution in [-0.2, 0) is 0 Å². The van der Waals surface area contributed by atoms with Crippen molar-refractivity contribution in [1.29, 1.82) is 0 Å². The van der Waals surface area contributed by atoms with Crippen LogP contribution in [0.5, 0.6) is 11.5 Å². The van der Waals surface area contributed by atoms with Crippen molar-refractivity contribution >= 4 is 70.9 Å². The van der Waals surface area contributed by atoms with E-state index in [1.54, 1.807) is 0 Å². The molecule has 0 aliphatic carbocycles. The summed E-state index contributed by atoms with van der Waals surface area (Å²) < 4.78 is 13.9. The van der Waals surface area contributed by atoms with Crippen molar-refractivity contribution in [1.82, 2.24) is 23.5 Å². The van der Waals surface area contributed by atoms with Crippen molar-refractivity contribution in [2.24, 2.45) is 0 Å². The van der Waals surface area contributed by atoms with E-state index in [2.05, 4.69) is 199 Å². The van der Waals surface area contributed by atoms with Gasteiger partial charge in [0.05, 0.1) is 39.5 Å². The molecule has 0 saturated carbocycles. The summed E-state index contributed by atoms with van der Waals surface area (Å²) >= 11 is 0. The van der Waals surface area contributed by atoms with Crippen LogP contribution < -0.4 is 4.74 Å². The highest BCUT2D eigenvalue weighted by molar-refractivity contribution is 6.29. The fourth-order valence-electron chi connectivity index (χ4n) is 10.0. The monoisotopic (exact) mass is 801 g/mol. The molecule has 0 aliphatic heterocycles. The van der Waals surface area contributed by atoms with Crippen LogP contribution in [0.15, 0.2) is 176 Å². The van der Waals surface area contributed by atoms with E-state index in [0.29, 0.717) is 11.8 Å². The topological polar surface area (TPSA) is 49.3 Å². The molecule has 0 bridgehead atoms. The molecule has 0 saturated heterocycles. The Morgan fingerprint density at radius 3 is 1.81 bits per heavy atom. The number of hydrogen-bond donors (Lipinski definition) is 0. The van der Waals surface area contributed by atoms with Crippen molar-refractivity contribution < 1.29 is 4.74 Å². The quantitative estimate of drug-likeness (QED) is 0.151. The third-order valence-corrected chi connectivity index (χ3v) is 12.7. The zero-order valence-electron chi connectivity index (χ0n) is 35.0. The van der Waals surface area contributed by atoms with Crippen molar-refractivity contribution in [2.75, 3.05) is 0 Å². The molecular formula is C56H43N5O. The van der Waals surface area contributed by atoms with Gasteiger partial charge in [0.1, 0.15) is 23.0 Å². The molecule has 0 aliphatic rings. The molecule has 0 unspecified atom stereocenters. The van der Waals surface area contributed by atoms with Gasteiger partial charge in [0.2, 0.25) is 0 Å². The van der Waals surface area contributed by atoms with Crippen LogP contribution in [0.2, 0.25) is 0 Å². The average Bonchev–Trinajstić information content (AvgIpc) is 4.00. The van der Waals surface area contributed by atoms with E-state index in [0.717, 1.165) is 72.6 Å². The first kappa shape index (κ1) is 36.2. The lowest BCUT2D eigenvalue weighted by Crippen LogP contribution is -2.02. The highest BCUT2D eigenvalue weighted by Crippen LogP contribution is 2.44. The Bertz CT molecular complexity index is 3700. The van der Waals surface area contributed by atoms with Gasteiger partial charge in [-0.2, -0.15) is 0 Å². The standard InChI is InChI=1S/C56H43N5O/c1-34(2)39-19-14-20-40(35(3)4)53(39)51-33-58-56-45-31-37(24-26-41(45)42-17-8-10-21-46(42)61(51)56)62-38-25-27-44-50(32-38)60(52-23-12-13-30-57-52)49-29-28-48-54(55(44)49)43-18-9-11-22-47(43)59(48)36-15-6-5-7-16-36/h5-35H,1-4H3. The van der Waals surface area contributed by atoms with E-state index in [4.69, 9.17) is 14.7 Å². The first-order chi connectivity index (χ1) is 30.4. The van der Waals surface area contributed by atoms with Crippen molar-refractivity contribution in [3.8, 4) is 34.3 Å². The fraction of sp³-hybridized carbons (Fsp3) is 0.107. The van der Waals surface area contributed by atoms with Gasteiger partial charge < -0.3 is 9.30 Å². The molecule has 5 aromatic heterocycles. The van der Waals surface area contributed by atoms with Gasteiger partial charge in [0.25, 0.3) is 0 Å². The molecule has 62 heavy (non-hydrogen) atoms. The van der Waals surface area contributed by atoms with Crippen LogP contribution in [-0.4, -0.2) is 23.5 Å². The highest BCUT2D eigenvalue weighted by atomic mass is 16.5. The maximum atomic E-state index is 6.88. The largest absolute Gasteiger partial charge is 0.457 e. The number of benzene rings is 7. The lowest BCUT2D eigenvalue weighted by molar-refractivity contribution is 0.484. The van der Waals surface area contributed by atoms with E-state index in [1.807, 2.05) is 18.3 Å². The molecule has 12 aromatic rings. The minimum absolute atomic E-state index is 0.357. The predicted octanol–water partition coefficient (Wildman–Crippen LogP) is 14.9. The first-order valence-electron chi connectivity index (χ1n) is 21.5. The second-order valence-corrected chi connectivity index (χ2v) is 17.0. The number of para-hydroxylation sites is 3. The Morgan fingerprint density at radius 1 is 0.452 bits per heavy atom. The molecule has 5 heterocycles. The first-order valence-corrected chi connectivity index (χ1v) is 21.5. The summed E-state index contributed by atoms with van der Waals surface area (Å²) in [5.74, 6) is 3.06. The second-order valence-electron chi connectivity index (χ2n) is 17.0. The maximum Gasteiger partial charge on any atom is 0.145 e. The number of imidazole rings is 1. The highest BCUT2D eigenvalue weighted by Gasteiger charge is 2.23. The lowest BCUT2D eigenvalue weighted by atomic mass is 9.87. The Balaban J connectivity index is 1.06. The van der Waals surface area contributed by atoms with Crippen LogP contribution >= 0.6 is 0 Å². The lowest BCUT2D eigenvalue weighted by Gasteiger charge is -2.20. The van der Waals surface area contributed by atoms with Crippen molar-refractivity contribution in [2.45, 2.75) is 39.5 Å². The maximum absolute atomic E-state index is 6.88. The number of pyridine rings is 2. The summed E-state index contributed by atoms with van der Waals surface area (Å²) in [4.78, 5) is 10.1. The molecule has 0 spiro atoms. The molecule has 0 N–H and O–H groups in total. The Morgan fingerprint density at radius 2 is 1.08 bits per heavy atom. The van der Waals surface area contributed by atoms with Gasteiger partial charge in [-0.1, -0.05) is 107 Å². The smallest absolute Gasteiger partial charge is 0.145 e. The summed E-state index contributed by atoms with van der Waals surface area (Å²) in [5, 5.41) is 8.12. The molecule has 298 valence electrons. The molecular weight excluding hydrogens is 759 g/mol. The summed E-state index contributed by atoms with van der Waals surface area (Å²) in [7, 11) is 0. The molecule has 0 radical (unpaired) electrons. The van der Waals surface area contributed by atoms with Gasteiger partial charge in [-0.15, -0.1) is 0 Å². The van der Waals surface area contributed by atoms with Gasteiger partial charge in [-0.3, -0.25) is 8.97 Å². The van der Waals surface area contributed by atoms with E-state index < -0.39 is 0 Å². The van der Waals surface area contributed by atoms with Crippen LogP contribution in [0.4, 0.5) is 0 Å². The molecule has 0 atom stereocenters. The predicted molar refractivity (Wildman–Crippen MR) is 257 cm³/mol. The van der Waals surface area contributed by atoms with Gasteiger partial charge in [-0.05, 0) is 107 Å². The van der Waals surface area contributed by atoms with E-state index in [-0.39, 0.29) is 0 Å². The average molecular weight is 802 g/mol. The number of aromatic nitrogens is 5. The van der Waals surface area contributed by atoms with Crippen LogP contribution in [0.25, 0.3) is 93.7 Å². The van der Waals surface area contributed by atoms with Gasteiger partial charge in [0, 0.05) is 55.8 Å². The van der Waals surface area contributed by atoms with Gasteiger partial charge in [0.15, 0.2) is 0 Å². The van der Waals surface area contributed by atoms with E-state index in [9.17, 15) is 0 Å². The Kier molecular flexibility index (Phi) is 8.13. The number of ether oxygens (including phenoxy) is 1. The molecule has 0 amide bonds. The SMILES string of the molecule is CC(C)c1cccc(C(C)C)c1-c1cnc2c3cc(Oc4ccc5c6c7c8ccccc8n(-c8ccccc8)c7ccc6n(-c6ccccn6)c5c4)ccc3c3ccccc3n12. The number of rotatable bonds is 7. The Labute approximate surface area is 358 Å². The van der Waals surface area contributed by atoms with E-state index in [1.165, 1.54) is 43.8 Å². The molecule has 6 nitrogen and oxygen atoms in total. The van der Waals surface area contributed by atoms with Crippen LogP contribution in [0, 0.1) is 0 Å². The Hall–Kier alpha value is -7.70. The van der Waals surface area contributed by atoms with Gasteiger partial charge >= 0.3 is 0 Å². The number of nitrogens with zero attached hydrogens (tertiary/aromatic N) is 5. The van der Waals surface area contributed by atoms with Crippen LogP contribution in [0.3, 0.4) is 0 Å². The number of hydrogen-bond acceptors (Lipinski definition) is 3. The minimum atomic E-state index is 0.357. The normalized spacial score (nSPS) is 12.2. The second kappa shape index (κ2) is 13.9. The summed E-state index contributed by atoms with van der Waals surface area (Å²) in [5.41, 5.74) is 12.7. The zero-order valence-corrected chi connectivity index (χ0v) is 35.0. The molecule has 12 rings (SSSR count). The zero-order chi connectivity index (χ0) is 41.6. The van der Waals surface area contributed by atoms with Crippen molar-refractivity contribution in [3.63, 3.8) is 0 Å². The molecule has 6 heteroatoms. The summed E-state index contributed by atoms with van der Waals surface area (Å²) in [6.45, 7) is 9.12. The minimum Gasteiger partial charge on any atom is -0.457 e. The van der Waals surface area contributed by atoms with Crippen LogP contribution in [0.1, 0.15) is 50.7 Å². The third kappa shape index (κ3) is 5.36. The fourth-order valence-corrected chi connectivity index (χ4v) is 10.0. The van der Waals surface area contributed by atoms with Gasteiger partial charge in [-0.25, -0.2) is 9.97 Å². The summed E-state index contributed by atoms with van der Waals surface area (Å²) in [6, 6.07) is 58.3. The molecule has 7 aromatic carbocycles. The van der Waals surface area contributed by atoms with E-state index >= 15 is 0 Å². The number of fused-ring (bicyclic) bond motifs is 13. The molecule has 0 fully saturated rings. The van der Waals surface area contributed by atoms with Crippen molar-refractivity contribution in [3.05, 3.63) is 187 Å². The summed E-state index contributed by atoms with van der Waals surface area (Å²) in [6.07, 6.45) is 3.93. The third-order valence-electron chi connectivity index (χ3n) is 12.7.